The van der Waals surface area contributed by atoms with E-state index in [2.05, 4.69) is 20.5 Å². The van der Waals surface area contributed by atoms with E-state index in [0.717, 1.165) is 0 Å². The van der Waals surface area contributed by atoms with Crippen LogP contribution in [0, 0.1) is 18.7 Å². The third kappa shape index (κ3) is 5.33. The van der Waals surface area contributed by atoms with Crippen molar-refractivity contribution in [3.8, 4) is 5.75 Å². The number of nitrogens with one attached hydrogen (secondary N) is 2. The number of pyridine rings is 1. The first-order valence-corrected chi connectivity index (χ1v) is 11.2. The number of amides is 2. The summed E-state index contributed by atoms with van der Waals surface area (Å²) in [6.45, 7) is 3.06. The number of benzene rings is 2. The molecule has 2 heterocycles. The Labute approximate surface area is 198 Å². The normalized spacial score (nSPS) is 13.9. The summed E-state index contributed by atoms with van der Waals surface area (Å²) in [6.07, 6.45) is 2.93. The third-order valence-electron chi connectivity index (χ3n) is 6.00. The second-order valence-corrected chi connectivity index (χ2v) is 8.27. The topological polar surface area (TPSA) is 83.6 Å². The highest BCUT2D eigenvalue weighted by Crippen LogP contribution is 2.26. The molecule has 0 spiro atoms. The van der Waals surface area contributed by atoms with E-state index in [1.165, 1.54) is 12.1 Å². The summed E-state index contributed by atoms with van der Waals surface area (Å²) < 4.78 is 18.6. The lowest BCUT2D eigenvalue weighted by Crippen LogP contribution is -2.38. The molecule has 2 amide bonds. The highest BCUT2D eigenvalue weighted by atomic mass is 19.1. The van der Waals surface area contributed by atoms with Gasteiger partial charge in [0.05, 0.1) is 12.8 Å². The van der Waals surface area contributed by atoms with Crippen molar-refractivity contribution in [2.45, 2.75) is 19.8 Å². The second kappa shape index (κ2) is 10.3. The molecule has 0 saturated carbocycles. The minimum atomic E-state index is -0.324. The van der Waals surface area contributed by atoms with Crippen LogP contribution < -0.4 is 20.3 Å². The average molecular weight is 463 g/mol. The summed E-state index contributed by atoms with van der Waals surface area (Å²) in [5.41, 5.74) is 2.40. The summed E-state index contributed by atoms with van der Waals surface area (Å²) in [5.74, 6) is 0.499. The van der Waals surface area contributed by atoms with Crippen molar-refractivity contribution in [3.05, 3.63) is 77.7 Å². The highest BCUT2D eigenvalue weighted by Gasteiger charge is 2.26. The molecule has 1 aromatic heterocycles. The number of piperidine rings is 1. The van der Waals surface area contributed by atoms with Gasteiger partial charge in [-0.2, -0.15) is 0 Å². The van der Waals surface area contributed by atoms with Crippen LogP contribution >= 0.6 is 0 Å². The number of hydrogen-bond donors (Lipinski definition) is 2. The number of halogens is 1. The number of nitrogens with zero attached hydrogens (tertiary/aromatic N) is 2. The lowest BCUT2D eigenvalue weighted by Gasteiger charge is -2.32. The first-order chi connectivity index (χ1) is 16.4. The summed E-state index contributed by atoms with van der Waals surface area (Å²) in [4.78, 5) is 32.0. The molecule has 0 radical (unpaired) electrons. The van der Waals surface area contributed by atoms with Gasteiger partial charge in [-0.15, -0.1) is 0 Å². The van der Waals surface area contributed by atoms with Crippen LogP contribution in [0.1, 0.15) is 28.8 Å². The summed E-state index contributed by atoms with van der Waals surface area (Å²) in [7, 11) is 1.56. The van der Waals surface area contributed by atoms with Gasteiger partial charge in [-0.05, 0) is 67.8 Å². The third-order valence-corrected chi connectivity index (χ3v) is 6.00. The SMILES string of the molecule is COc1ccccc1NC(=O)c1ccnc(N2CCC(C(=O)Nc3ccc(F)cc3C)CC2)c1. The molecule has 0 unspecified atom stereocenters. The van der Waals surface area contributed by atoms with E-state index in [9.17, 15) is 14.0 Å². The maximum absolute atomic E-state index is 13.3. The Hall–Kier alpha value is -3.94. The Morgan fingerprint density at radius 2 is 1.79 bits per heavy atom. The van der Waals surface area contributed by atoms with Crippen LogP contribution in [0.25, 0.3) is 0 Å². The van der Waals surface area contributed by atoms with Gasteiger partial charge in [0.15, 0.2) is 0 Å². The van der Waals surface area contributed by atoms with Crippen LogP contribution in [0.5, 0.6) is 5.75 Å². The van der Waals surface area contributed by atoms with Crippen LogP contribution in [0.2, 0.25) is 0 Å². The van der Waals surface area contributed by atoms with Crippen molar-refractivity contribution in [1.82, 2.24) is 4.98 Å². The zero-order chi connectivity index (χ0) is 24.1. The maximum atomic E-state index is 13.3. The van der Waals surface area contributed by atoms with Crippen LogP contribution in [0.3, 0.4) is 0 Å². The first kappa shape index (κ1) is 23.2. The van der Waals surface area contributed by atoms with Gasteiger partial charge >= 0.3 is 0 Å². The Morgan fingerprint density at radius 3 is 2.53 bits per heavy atom. The summed E-state index contributed by atoms with van der Waals surface area (Å²) in [5, 5.41) is 5.79. The number of hydrogen-bond acceptors (Lipinski definition) is 5. The smallest absolute Gasteiger partial charge is 0.255 e. The van der Waals surface area contributed by atoms with Gasteiger partial charge in [-0.25, -0.2) is 9.37 Å². The van der Waals surface area contributed by atoms with Crippen LogP contribution in [-0.2, 0) is 4.79 Å². The van der Waals surface area contributed by atoms with Crippen LogP contribution in [-0.4, -0.2) is 37.0 Å². The van der Waals surface area contributed by atoms with Crippen molar-refractivity contribution < 1.29 is 18.7 Å². The fraction of sp³-hybridized carbons (Fsp3) is 0.269. The first-order valence-electron chi connectivity index (χ1n) is 11.2. The number of aryl methyl sites for hydroxylation is 1. The lowest BCUT2D eigenvalue weighted by molar-refractivity contribution is -0.120. The van der Waals surface area contributed by atoms with E-state index in [-0.39, 0.29) is 23.5 Å². The number of anilines is 3. The summed E-state index contributed by atoms with van der Waals surface area (Å²) >= 11 is 0. The molecule has 1 aliphatic heterocycles. The number of aromatic nitrogens is 1. The van der Waals surface area contributed by atoms with Crippen molar-refractivity contribution in [2.24, 2.45) is 5.92 Å². The zero-order valence-electron chi connectivity index (χ0n) is 19.2. The lowest BCUT2D eigenvalue weighted by atomic mass is 9.95. The number of para-hydroxylation sites is 2. The van der Waals surface area contributed by atoms with Crippen molar-refractivity contribution >= 4 is 29.0 Å². The predicted octanol–water partition coefficient (Wildman–Crippen LogP) is 4.65. The van der Waals surface area contributed by atoms with Gasteiger partial charge in [0.2, 0.25) is 5.91 Å². The van der Waals surface area contributed by atoms with E-state index in [1.54, 1.807) is 50.6 Å². The number of methoxy groups -OCH3 is 1. The molecule has 2 aromatic carbocycles. The molecular weight excluding hydrogens is 435 g/mol. The average Bonchev–Trinajstić information content (AvgIpc) is 2.86. The molecule has 1 aliphatic rings. The number of carbonyl (C=O) groups is 2. The van der Waals surface area contributed by atoms with Gasteiger partial charge in [0.25, 0.3) is 5.91 Å². The molecule has 3 aromatic rings. The minimum absolute atomic E-state index is 0.0627. The molecule has 0 atom stereocenters. The molecule has 176 valence electrons. The standard InChI is InChI=1S/C26H27FN4O3/c1-17-15-20(27)7-8-21(17)29-25(32)18-10-13-31(14-11-18)24-16-19(9-12-28-24)26(33)30-22-5-3-4-6-23(22)34-2/h3-9,12,15-16,18H,10-11,13-14H2,1-2H3,(H,29,32)(H,30,33). The number of ether oxygens (including phenoxy) is 1. The fourth-order valence-corrected chi connectivity index (χ4v) is 4.05. The van der Waals surface area contributed by atoms with Gasteiger partial charge in [-0.3, -0.25) is 9.59 Å². The van der Waals surface area contributed by atoms with Crippen molar-refractivity contribution in [3.63, 3.8) is 0 Å². The quantitative estimate of drug-likeness (QED) is 0.557. The van der Waals surface area contributed by atoms with Gasteiger partial charge in [-0.1, -0.05) is 12.1 Å². The van der Waals surface area contributed by atoms with E-state index in [0.29, 0.717) is 60.0 Å². The Morgan fingerprint density at radius 1 is 1.03 bits per heavy atom. The van der Waals surface area contributed by atoms with Crippen molar-refractivity contribution in [1.29, 1.82) is 0 Å². The highest BCUT2D eigenvalue weighted by molar-refractivity contribution is 6.05. The molecular formula is C26H27FN4O3. The van der Waals surface area contributed by atoms with Gasteiger partial charge in [0, 0.05) is 36.5 Å². The Balaban J connectivity index is 1.36. The number of carbonyl (C=O) groups excluding carboxylic acids is 2. The predicted molar refractivity (Wildman–Crippen MR) is 130 cm³/mol. The van der Waals surface area contributed by atoms with E-state index in [1.807, 2.05) is 12.1 Å². The molecule has 4 rings (SSSR count). The minimum Gasteiger partial charge on any atom is -0.495 e. The molecule has 1 fully saturated rings. The van der Waals surface area contributed by atoms with Crippen molar-refractivity contribution in [2.75, 3.05) is 35.7 Å². The summed E-state index contributed by atoms with van der Waals surface area (Å²) in [6, 6.07) is 15.0. The van der Waals surface area contributed by atoms with E-state index in [4.69, 9.17) is 4.74 Å². The molecule has 7 nitrogen and oxygen atoms in total. The molecule has 2 N–H and O–H groups in total. The Kier molecular flexibility index (Phi) is 7.06. The molecule has 0 aliphatic carbocycles. The fourth-order valence-electron chi connectivity index (χ4n) is 4.05. The van der Waals surface area contributed by atoms with Crippen LogP contribution in [0.15, 0.2) is 60.8 Å². The zero-order valence-corrected chi connectivity index (χ0v) is 19.2. The van der Waals surface area contributed by atoms with E-state index < -0.39 is 0 Å². The van der Waals surface area contributed by atoms with E-state index >= 15 is 0 Å². The Bertz CT molecular complexity index is 1190. The molecule has 0 bridgehead atoms. The van der Waals surface area contributed by atoms with Gasteiger partial charge in [0.1, 0.15) is 17.4 Å². The molecule has 34 heavy (non-hydrogen) atoms. The second-order valence-electron chi connectivity index (χ2n) is 8.27. The van der Waals surface area contributed by atoms with Crippen LogP contribution in [0.4, 0.5) is 21.6 Å². The van der Waals surface area contributed by atoms with Gasteiger partial charge < -0.3 is 20.3 Å². The largest absolute Gasteiger partial charge is 0.495 e. The maximum Gasteiger partial charge on any atom is 0.255 e. The monoisotopic (exact) mass is 462 g/mol. The molecule has 8 heteroatoms. The number of rotatable bonds is 6. The molecule has 1 saturated heterocycles.